The molecule has 126 valence electrons. The number of fused-ring (bicyclic) bond motifs is 1. The van der Waals surface area contributed by atoms with Gasteiger partial charge in [0, 0.05) is 31.0 Å². The molecule has 1 aromatic heterocycles. The van der Waals surface area contributed by atoms with Gasteiger partial charge < -0.3 is 15.4 Å². The van der Waals surface area contributed by atoms with Crippen molar-refractivity contribution in [1.82, 2.24) is 15.6 Å². The lowest BCUT2D eigenvalue weighted by atomic mass is 9.92. The van der Waals surface area contributed by atoms with Gasteiger partial charge in [-0.2, -0.15) is 0 Å². The average molecular weight is 325 g/mol. The van der Waals surface area contributed by atoms with E-state index in [0.29, 0.717) is 13.2 Å². The van der Waals surface area contributed by atoms with Crippen LogP contribution in [-0.2, 0) is 11.3 Å². The highest BCUT2D eigenvalue weighted by Crippen LogP contribution is 2.33. The molecular weight excluding hydrogens is 302 g/mol. The summed E-state index contributed by atoms with van der Waals surface area (Å²) in [5.41, 5.74) is 2.16. The number of hydrogen-bond acceptors (Lipinski definition) is 4. The molecule has 0 radical (unpaired) electrons. The summed E-state index contributed by atoms with van der Waals surface area (Å²) in [7, 11) is 0. The lowest BCUT2D eigenvalue weighted by Gasteiger charge is -2.25. The van der Waals surface area contributed by atoms with Gasteiger partial charge >= 0.3 is 0 Å². The Bertz CT molecular complexity index is 661. The van der Waals surface area contributed by atoms with Gasteiger partial charge in [0.15, 0.2) is 0 Å². The average Bonchev–Trinajstić information content (AvgIpc) is 2.64. The third-order valence-electron chi connectivity index (χ3n) is 4.16. The Morgan fingerprint density at radius 3 is 3.00 bits per heavy atom. The Morgan fingerprint density at radius 2 is 2.12 bits per heavy atom. The molecule has 0 saturated heterocycles. The van der Waals surface area contributed by atoms with Gasteiger partial charge in [-0.05, 0) is 37.1 Å². The number of benzene rings is 1. The van der Waals surface area contributed by atoms with Gasteiger partial charge in [-0.3, -0.25) is 9.78 Å². The SMILES string of the molecule is O=C(NCCCNCc1cccnc1)[C@@H]1CCOc2ccccc21. The summed E-state index contributed by atoms with van der Waals surface area (Å²) in [6.45, 7) is 2.94. The van der Waals surface area contributed by atoms with E-state index in [1.54, 1.807) is 6.20 Å². The zero-order chi connectivity index (χ0) is 16.6. The van der Waals surface area contributed by atoms with E-state index >= 15 is 0 Å². The Labute approximate surface area is 142 Å². The van der Waals surface area contributed by atoms with E-state index in [1.807, 2.05) is 42.6 Å². The number of aromatic nitrogens is 1. The number of nitrogens with zero attached hydrogens (tertiary/aromatic N) is 1. The van der Waals surface area contributed by atoms with Gasteiger partial charge in [-0.15, -0.1) is 0 Å². The van der Waals surface area contributed by atoms with Crippen molar-refractivity contribution in [1.29, 1.82) is 0 Å². The number of hydrogen-bond donors (Lipinski definition) is 2. The van der Waals surface area contributed by atoms with Crippen molar-refractivity contribution in [2.24, 2.45) is 0 Å². The number of nitrogens with one attached hydrogen (secondary N) is 2. The van der Waals surface area contributed by atoms with Crippen molar-refractivity contribution < 1.29 is 9.53 Å². The van der Waals surface area contributed by atoms with E-state index in [0.717, 1.165) is 37.2 Å². The van der Waals surface area contributed by atoms with Crippen LogP contribution in [0.1, 0.15) is 29.9 Å². The van der Waals surface area contributed by atoms with Crippen molar-refractivity contribution in [3.8, 4) is 5.75 Å². The predicted octanol–water partition coefficient (Wildman–Crippen LogP) is 2.24. The summed E-state index contributed by atoms with van der Waals surface area (Å²) in [4.78, 5) is 16.5. The molecule has 1 aromatic carbocycles. The molecule has 2 heterocycles. The molecule has 5 nitrogen and oxygen atoms in total. The molecule has 0 aliphatic carbocycles. The van der Waals surface area contributed by atoms with E-state index in [1.165, 1.54) is 5.56 Å². The first kappa shape index (κ1) is 16.5. The molecule has 0 spiro atoms. The molecule has 0 fully saturated rings. The van der Waals surface area contributed by atoms with Crippen LogP contribution in [0.15, 0.2) is 48.8 Å². The standard InChI is InChI=1S/C19H23N3O2/c23-19(17-8-12-24-18-7-2-1-6-16(17)18)22-11-4-10-21-14-15-5-3-9-20-13-15/h1-3,5-7,9,13,17,21H,4,8,10-12,14H2,(H,22,23)/t17-/m1/s1. The largest absolute Gasteiger partial charge is 0.493 e. The van der Waals surface area contributed by atoms with Gasteiger partial charge in [0.25, 0.3) is 0 Å². The lowest BCUT2D eigenvalue weighted by Crippen LogP contribution is -2.34. The highest BCUT2D eigenvalue weighted by molar-refractivity contribution is 5.84. The van der Waals surface area contributed by atoms with Crippen LogP contribution >= 0.6 is 0 Å². The topological polar surface area (TPSA) is 63.2 Å². The van der Waals surface area contributed by atoms with Crippen LogP contribution in [0.3, 0.4) is 0 Å². The Kier molecular flexibility index (Phi) is 5.80. The Morgan fingerprint density at radius 1 is 1.21 bits per heavy atom. The highest BCUT2D eigenvalue weighted by Gasteiger charge is 2.26. The molecule has 3 rings (SSSR count). The summed E-state index contributed by atoms with van der Waals surface area (Å²) in [5.74, 6) is 0.832. The Hall–Kier alpha value is -2.40. The first-order valence-corrected chi connectivity index (χ1v) is 8.43. The fraction of sp³-hybridized carbons (Fsp3) is 0.368. The van der Waals surface area contributed by atoms with Crippen molar-refractivity contribution in [3.63, 3.8) is 0 Å². The molecule has 5 heteroatoms. The molecular formula is C19H23N3O2. The molecule has 1 aliphatic rings. The highest BCUT2D eigenvalue weighted by atomic mass is 16.5. The predicted molar refractivity (Wildman–Crippen MR) is 92.9 cm³/mol. The number of pyridine rings is 1. The number of ether oxygens (including phenoxy) is 1. The second-order valence-electron chi connectivity index (χ2n) is 5.91. The lowest BCUT2D eigenvalue weighted by molar-refractivity contribution is -0.123. The number of rotatable bonds is 7. The third kappa shape index (κ3) is 4.32. The zero-order valence-corrected chi connectivity index (χ0v) is 13.7. The number of amides is 1. The first-order chi connectivity index (χ1) is 11.8. The fourth-order valence-corrected chi connectivity index (χ4v) is 2.90. The minimum absolute atomic E-state index is 0.0954. The Balaban J connectivity index is 1.37. The molecule has 24 heavy (non-hydrogen) atoms. The number of carbonyl (C=O) groups excluding carboxylic acids is 1. The van der Waals surface area contributed by atoms with Crippen LogP contribution in [-0.4, -0.2) is 30.6 Å². The second kappa shape index (κ2) is 8.45. The summed E-state index contributed by atoms with van der Waals surface area (Å²) in [6, 6.07) is 11.8. The summed E-state index contributed by atoms with van der Waals surface area (Å²) >= 11 is 0. The fourth-order valence-electron chi connectivity index (χ4n) is 2.90. The van der Waals surface area contributed by atoms with Crippen LogP contribution in [0.2, 0.25) is 0 Å². The van der Waals surface area contributed by atoms with Crippen LogP contribution < -0.4 is 15.4 Å². The molecule has 2 N–H and O–H groups in total. The minimum Gasteiger partial charge on any atom is -0.493 e. The van der Waals surface area contributed by atoms with Crippen LogP contribution in [0, 0.1) is 0 Å². The van der Waals surface area contributed by atoms with E-state index in [9.17, 15) is 4.79 Å². The molecule has 1 atom stereocenters. The van der Waals surface area contributed by atoms with Gasteiger partial charge in [0.1, 0.15) is 5.75 Å². The smallest absolute Gasteiger partial charge is 0.227 e. The maximum Gasteiger partial charge on any atom is 0.227 e. The first-order valence-electron chi connectivity index (χ1n) is 8.43. The van der Waals surface area contributed by atoms with Gasteiger partial charge in [0.05, 0.1) is 12.5 Å². The van der Waals surface area contributed by atoms with E-state index in [-0.39, 0.29) is 11.8 Å². The summed E-state index contributed by atoms with van der Waals surface area (Å²) < 4.78 is 5.61. The van der Waals surface area contributed by atoms with E-state index < -0.39 is 0 Å². The number of para-hydroxylation sites is 1. The minimum atomic E-state index is -0.0988. The monoisotopic (exact) mass is 325 g/mol. The van der Waals surface area contributed by atoms with Crippen molar-refractivity contribution in [3.05, 3.63) is 59.9 Å². The molecule has 0 bridgehead atoms. The normalized spacial score (nSPS) is 16.1. The van der Waals surface area contributed by atoms with Crippen molar-refractivity contribution >= 4 is 5.91 Å². The quantitative estimate of drug-likeness (QED) is 0.767. The molecule has 0 saturated carbocycles. The van der Waals surface area contributed by atoms with Crippen LogP contribution in [0.25, 0.3) is 0 Å². The summed E-state index contributed by atoms with van der Waals surface area (Å²) in [5, 5.41) is 6.40. The van der Waals surface area contributed by atoms with Gasteiger partial charge in [-0.25, -0.2) is 0 Å². The maximum absolute atomic E-state index is 12.4. The van der Waals surface area contributed by atoms with Crippen molar-refractivity contribution in [2.45, 2.75) is 25.3 Å². The van der Waals surface area contributed by atoms with Crippen LogP contribution in [0.5, 0.6) is 5.75 Å². The summed E-state index contributed by atoms with van der Waals surface area (Å²) in [6.07, 6.45) is 5.27. The zero-order valence-electron chi connectivity index (χ0n) is 13.7. The number of carbonyl (C=O) groups is 1. The third-order valence-corrected chi connectivity index (χ3v) is 4.16. The van der Waals surface area contributed by atoms with E-state index in [2.05, 4.69) is 15.6 Å². The molecule has 0 unspecified atom stereocenters. The molecule has 2 aromatic rings. The van der Waals surface area contributed by atoms with Gasteiger partial charge in [-0.1, -0.05) is 24.3 Å². The molecule has 1 amide bonds. The molecule has 1 aliphatic heterocycles. The maximum atomic E-state index is 12.4. The van der Waals surface area contributed by atoms with Crippen molar-refractivity contribution in [2.75, 3.05) is 19.7 Å². The van der Waals surface area contributed by atoms with Gasteiger partial charge in [0.2, 0.25) is 5.91 Å². The second-order valence-corrected chi connectivity index (χ2v) is 5.91. The van der Waals surface area contributed by atoms with Crippen LogP contribution in [0.4, 0.5) is 0 Å². The van der Waals surface area contributed by atoms with E-state index in [4.69, 9.17) is 4.74 Å².